The summed E-state index contributed by atoms with van der Waals surface area (Å²) in [4.78, 5) is 27.0. The number of carbonyl (C=O) groups is 1. The van der Waals surface area contributed by atoms with Crippen molar-refractivity contribution in [1.29, 1.82) is 0 Å². The Morgan fingerprint density at radius 1 is 1.53 bits per heavy atom. The van der Waals surface area contributed by atoms with E-state index in [1.165, 1.54) is 0 Å². The quantitative estimate of drug-likeness (QED) is 0.814. The Hall–Kier alpha value is -1.85. The van der Waals surface area contributed by atoms with Crippen molar-refractivity contribution in [3.63, 3.8) is 0 Å². The molecule has 1 aromatic rings. The molecule has 0 aliphatic carbocycles. The zero-order valence-corrected chi connectivity index (χ0v) is 11.8. The SMILES string of the molecule is CC(C)Cn1ccnc(NCC(C)(C)C(=O)O)c1=O. The van der Waals surface area contributed by atoms with Gasteiger partial charge in [-0.2, -0.15) is 0 Å². The van der Waals surface area contributed by atoms with Gasteiger partial charge in [0.2, 0.25) is 0 Å². The lowest BCUT2D eigenvalue weighted by Gasteiger charge is -2.19. The van der Waals surface area contributed by atoms with E-state index in [0.717, 1.165) is 0 Å². The van der Waals surface area contributed by atoms with Gasteiger partial charge in [0.05, 0.1) is 5.41 Å². The van der Waals surface area contributed by atoms with Crippen molar-refractivity contribution in [2.24, 2.45) is 11.3 Å². The lowest BCUT2D eigenvalue weighted by molar-refractivity contribution is -0.146. The lowest BCUT2D eigenvalue weighted by Crippen LogP contribution is -2.34. The molecule has 1 aromatic heterocycles. The number of rotatable bonds is 6. The number of aliphatic carboxylic acids is 1. The van der Waals surface area contributed by atoms with E-state index in [1.807, 2.05) is 13.8 Å². The molecule has 0 saturated heterocycles. The highest BCUT2D eigenvalue weighted by atomic mass is 16.4. The third-order valence-electron chi connectivity index (χ3n) is 2.75. The fraction of sp³-hybridized carbons (Fsp3) is 0.615. The number of hydrogen-bond donors (Lipinski definition) is 2. The van der Waals surface area contributed by atoms with Crippen molar-refractivity contribution >= 4 is 11.8 Å². The zero-order chi connectivity index (χ0) is 14.6. The summed E-state index contributed by atoms with van der Waals surface area (Å²) in [5, 5.41) is 11.8. The van der Waals surface area contributed by atoms with Gasteiger partial charge in [0.1, 0.15) is 0 Å². The molecule has 6 nitrogen and oxygen atoms in total. The maximum Gasteiger partial charge on any atom is 0.310 e. The summed E-state index contributed by atoms with van der Waals surface area (Å²) in [6.07, 6.45) is 3.18. The smallest absolute Gasteiger partial charge is 0.310 e. The number of aromatic nitrogens is 2. The molecule has 6 heteroatoms. The van der Waals surface area contributed by atoms with Crippen LogP contribution in [0.4, 0.5) is 5.82 Å². The highest BCUT2D eigenvalue weighted by molar-refractivity contribution is 5.74. The molecule has 0 spiro atoms. The van der Waals surface area contributed by atoms with Crippen LogP contribution in [0, 0.1) is 11.3 Å². The third kappa shape index (κ3) is 4.08. The van der Waals surface area contributed by atoms with Crippen LogP contribution in [0.2, 0.25) is 0 Å². The molecular weight excluding hydrogens is 246 g/mol. The van der Waals surface area contributed by atoms with Gasteiger partial charge in [-0.1, -0.05) is 13.8 Å². The molecule has 0 saturated carbocycles. The average molecular weight is 267 g/mol. The molecule has 0 aliphatic heterocycles. The highest BCUT2D eigenvalue weighted by Gasteiger charge is 2.27. The molecular formula is C13H21N3O3. The second kappa shape index (κ2) is 5.86. The normalized spacial score (nSPS) is 11.6. The van der Waals surface area contributed by atoms with Crippen molar-refractivity contribution in [1.82, 2.24) is 9.55 Å². The first-order chi connectivity index (χ1) is 8.74. The first kappa shape index (κ1) is 15.2. The van der Waals surface area contributed by atoms with Gasteiger partial charge in [0.25, 0.3) is 5.56 Å². The summed E-state index contributed by atoms with van der Waals surface area (Å²) in [5.74, 6) is -0.376. The van der Waals surface area contributed by atoms with Gasteiger partial charge >= 0.3 is 5.97 Å². The molecule has 0 atom stereocenters. The maximum atomic E-state index is 12.1. The molecule has 0 radical (unpaired) electrons. The number of anilines is 1. The number of nitrogens with zero attached hydrogens (tertiary/aromatic N) is 2. The summed E-state index contributed by atoms with van der Waals surface area (Å²) in [5.41, 5.74) is -1.18. The number of nitrogens with one attached hydrogen (secondary N) is 1. The second-order valence-electron chi connectivity index (χ2n) is 5.67. The minimum absolute atomic E-state index is 0.149. The highest BCUT2D eigenvalue weighted by Crippen LogP contribution is 2.14. The summed E-state index contributed by atoms with van der Waals surface area (Å²) in [6.45, 7) is 7.99. The largest absolute Gasteiger partial charge is 0.481 e. The average Bonchev–Trinajstić information content (AvgIpc) is 2.29. The van der Waals surface area contributed by atoms with Crippen molar-refractivity contribution < 1.29 is 9.90 Å². The van der Waals surface area contributed by atoms with E-state index in [1.54, 1.807) is 30.8 Å². The Morgan fingerprint density at radius 2 is 2.16 bits per heavy atom. The van der Waals surface area contributed by atoms with Crippen molar-refractivity contribution in [3.8, 4) is 0 Å². The van der Waals surface area contributed by atoms with Gasteiger partial charge in [0.15, 0.2) is 5.82 Å². The van der Waals surface area contributed by atoms with Crippen LogP contribution < -0.4 is 10.9 Å². The van der Waals surface area contributed by atoms with Gasteiger partial charge in [-0.3, -0.25) is 9.59 Å². The lowest BCUT2D eigenvalue weighted by atomic mass is 9.94. The van der Waals surface area contributed by atoms with E-state index >= 15 is 0 Å². The Kier molecular flexibility index (Phi) is 4.69. The predicted molar refractivity (Wildman–Crippen MR) is 73.2 cm³/mol. The maximum absolute atomic E-state index is 12.1. The van der Waals surface area contributed by atoms with Crippen molar-refractivity contribution in [3.05, 3.63) is 22.7 Å². The molecule has 0 aliphatic rings. The van der Waals surface area contributed by atoms with Gasteiger partial charge in [-0.05, 0) is 19.8 Å². The van der Waals surface area contributed by atoms with Crippen molar-refractivity contribution in [2.45, 2.75) is 34.2 Å². The van der Waals surface area contributed by atoms with Gasteiger partial charge in [-0.15, -0.1) is 0 Å². The van der Waals surface area contributed by atoms with Crippen LogP contribution in [-0.2, 0) is 11.3 Å². The molecule has 0 bridgehead atoms. The zero-order valence-electron chi connectivity index (χ0n) is 11.8. The number of carboxylic acid groups (broad SMARTS) is 1. The van der Waals surface area contributed by atoms with Crippen LogP contribution in [0.25, 0.3) is 0 Å². The van der Waals surface area contributed by atoms with Crippen LogP contribution >= 0.6 is 0 Å². The van der Waals surface area contributed by atoms with E-state index in [9.17, 15) is 9.59 Å². The van der Waals surface area contributed by atoms with E-state index in [0.29, 0.717) is 12.5 Å². The first-order valence-electron chi connectivity index (χ1n) is 6.27. The van der Waals surface area contributed by atoms with Gasteiger partial charge < -0.3 is 15.0 Å². The molecule has 0 fully saturated rings. The van der Waals surface area contributed by atoms with Crippen LogP contribution in [0.5, 0.6) is 0 Å². The first-order valence-corrected chi connectivity index (χ1v) is 6.27. The number of hydrogen-bond acceptors (Lipinski definition) is 4. The topological polar surface area (TPSA) is 84.2 Å². The van der Waals surface area contributed by atoms with E-state index in [-0.39, 0.29) is 17.9 Å². The molecule has 0 aromatic carbocycles. The minimum atomic E-state index is -0.952. The predicted octanol–water partition coefficient (Wildman–Crippen LogP) is 1.42. The molecule has 1 heterocycles. The van der Waals surface area contributed by atoms with E-state index in [4.69, 9.17) is 5.11 Å². The molecule has 0 unspecified atom stereocenters. The monoisotopic (exact) mass is 267 g/mol. The molecule has 1 rings (SSSR count). The van der Waals surface area contributed by atoms with Crippen LogP contribution in [0.3, 0.4) is 0 Å². The number of carboxylic acids is 1. The van der Waals surface area contributed by atoms with Crippen LogP contribution in [0.1, 0.15) is 27.7 Å². The summed E-state index contributed by atoms with van der Waals surface area (Å²) >= 11 is 0. The Balaban J connectivity index is 2.86. The van der Waals surface area contributed by atoms with Gasteiger partial charge in [0, 0.05) is 25.5 Å². The molecule has 2 N–H and O–H groups in total. The Labute approximate surface area is 112 Å². The molecule has 0 amide bonds. The van der Waals surface area contributed by atoms with Gasteiger partial charge in [-0.25, -0.2) is 4.98 Å². The van der Waals surface area contributed by atoms with E-state index in [2.05, 4.69) is 10.3 Å². The summed E-state index contributed by atoms with van der Waals surface area (Å²) in [6, 6.07) is 0. The summed E-state index contributed by atoms with van der Waals surface area (Å²) in [7, 11) is 0. The molecule has 19 heavy (non-hydrogen) atoms. The van der Waals surface area contributed by atoms with Crippen molar-refractivity contribution in [2.75, 3.05) is 11.9 Å². The fourth-order valence-corrected chi connectivity index (χ4v) is 1.49. The third-order valence-corrected chi connectivity index (χ3v) is 2.75. The fourth-order valence-electron chi connectivity index (χ4n) is 1.49. The summed E-state index contributed by atoms with van der Waals surface area (Å²) < 4.78 is 1.58. The minimum Gasteiger partial charge on any atom is -0.481 e. The van der Waals surface area contributed by atoms with Crippen LogP contribution in [-0.4, -0.2) is 27.2 Å². The second-order valence-corrected chi connectivity index (χ2v) is 5.67. The Morgan fingerprint density at radius 3 is 2.68 bits per heavy atom. The Bertz CT molecular complexity index is 506. The standard InChI is InChI=1S/C13H21N3O3/c1-9(2)7-16-6-5-14-10(11(16)17)15-8-13(3,4)12(18)19/h5-6,9H,7-8H2,1-4H3,(H,14,15)(H,18,19). The molecule has 106 valence electrons. The van der Waals surface area contributed by atoms with Crippen LogP contribution in [0.15, 0.2) is 17.2 Å². The van der Waals surface area contributed by atoms with E-state index < -0.39 is 11.4 Å².